The second kappa shape index (κ2) is 10.7. The highest BCUT2D eigenvalue weighted by Crippen LogP contribution is 2.52. The fourth-order valence-electron chi connectivity index (χ4n) is 8.30. The molecule has 48 heavy (non-hydrogen) atoms. The summed E-state index contributed by atoms with van der Waals surface area (Å²) >= 11 is 0. The Hall–Kier alpha value is -6.12. The van der Waals surface area contributed by atoms with Crippen molar-refractivity contribution in [1.29, 1.82) is 0 Å². The lowest BCUT2D eigenvalue weighted by atomic mass is 9.84. The number of rotatable bonds is 3. The summed E-state index contributed by atoms with van der Waals surface area (Å²) in [5.74, 6) is 0.222. The van der Waals surface area contributed by atoms with Gasteiger partial charge in [0.2, 0.25) is 0 Å². The number of nitrogens with zero attached hydrogens (tertiary/aromatic N) is 2. The van der Waals surface area contributed by atoms with Crippen LogP contribution in [0, 0.1) is 0 Å². The zero-order chi connectivity index (χ0) is 31.6. The number of benzene rings is 7. The Kier molecular flexibility index (Phi) is 6.04. The van der Waals surface area contributed by atoms with Crippen molar-refractivity contribution in [2.45, 2.75) is 12.0 Å². The van der Waals surface area contributed by atoms with E-state index < -0.39 is 0 Å². The third kappa shape index (κ3) is 3.99. The first-order valence-electron chi connectivity index (χ1n) is 16.8. The molecule has 10 rings (SSSR count). The molecule has 2 atom stereocenters. The SMILES string of the molecule is C1=CC2c3ccccc3-c3c(ccc4c3c3ccccc3n4-c3cccc(-c4cccc5ccccc45)c3)N(c3ccccc3)C2C=C1. The van der Waals surface area contributed by atoms with Crippen molar-refractivity contribution < 1.29 is 0 Å². The number of fused-ring (bicyclic) bond motifs is 10. The molecule has 0 radical (unpaired) electrons. The smallest absolute Gasteiger partial charge is 0.0629 e. The fourth-order valence-corrected chi connectivity index (χ4v) is 8.30. The van der Waals surface area contributed by atoms with Gasteiger partial charge in [-0.25, -0.2) is 0 Å². The van der Waals surface area contributed by atoms with Crippen molar-refractivity contribution in [3.8, 4) is 27.9 Å². The second-order valence-corrected chi connectivity index (χ2v) is 12.9. The molecule has 7 aromatic carbocycles. The van der Waals surface area contributed by atoms with Gasteiger partial charge in [-0.05, 0) is 75.5 Å². The van der Waals surface area contributed by atoms with E-state index in [1.807, 2.05) is 0 Å². The van der Waals surface area contributed by atoms with Crippen LogP contribution >= 0.6 is 0 Å². The highest BCUT2D eigenvalue weighted by atomic mass is 15.2. The van der Waals surface area contributed by atoms with Gasteiger partial charge in [0.05, 0.1) is 22.8 Å². The third-order valence-electron chi connectivity index (χ3n) is 10.3. The highest BCUT2D eigenvalue weighted by molar-refractivity contribution is 6.19. The van der Waals surface area contributed by atoms with E-state index in [1.54, 1.807) is 0 Å². The maximum Gasteiger partial charge on any atom is 0.0629 e. The topological polar surface area (TPSA) is 8.17 Å². The van der Waals surface area contributed by atoms with Gasteiger partial charge in [-0.3, -0.25) is 0 Å². The maximum atomic E-state index is 2.56. The predicted octanol–water partition coefficient (Wildman–Crippen LogP) is 12.0. The van der Waals surface area contributed by atoms with Gasteiger partial charge >= 0.3 is 0 Å². The normalized spacial score (nSPS) is 16.5. The third-order valence-corrected chi connectivity index (χ3v) is 10.3. The van der Waals surface area contributed by atoms with Gasteiger partial charge in [0.25, 0.3) is 0 Å². The summed E-state index contributed by atoms with van der Waals surface area (Å²) in [6.07, 6.45) is 9.17. The highest BCUT2D eigenvalue weighted by Gasteiger charge is 2.36. The Labute approximate surface area is 280 Å². The van der Waals surface area contributed by atoms with Crippen molar-refractivity contribution in [2.24, 2.45) is 0 Å². The van der Waals surface area contributed by atoms with Crippen LogP contribution in [0.25, 0.3) is 60.5 Å². The van der Waals surface area contributed by atoms with Crippen molar-refractivity contribution in [1.82, 2.24) is 4.57 Å². The lowest BCUT2D eigenvalue weighted by Crippen LogP contribution is -2.34. The van der Waals surface area contributed by atoms with Crippen molar-refractivity contribution in [2.75, 3.05) is 4.90 Å². The fraction of sp³-hybridized carbons (Fsp3) is 0.0435. The number of hydrogen-bond acceptors (Lipinski definition) is 1. The molecule has 2 nitrogen and oxygen atoms in total. The molecule has 0 N–H and O–H groups in total. The molecule has 0 fully saturated rings. The summed E-state index contributed by atoms with van der Waals surface area (Å²) in [6.45, 7) is 0. The van der Waals surface area contributed by atoms with Gasteiger partial charge in [0.15, 0.2) is 0 Å². The maximum absolute atomic E-state index is 2.56. The average Bonchev–Trinajstić information content (AvgIpc) is 3.43. The van der Waals surface area contributed by atoms with Crippen molar-refractivity contribution >= 4 is 44.0 Å². The zero-order valence-corrected chi connectivity index (χ0v) is 26.4. The van der Waals surface area contributed by atoms with Crippen molar-refractivity contribution in [3.63, 3.8) is 0 Å². The lowest BCUT2D eigenvalue weighted by Gasteiger charge is -2.36. The number of allylic oxidation sites excluding steroid dienone is 2. The van der Waals surface area contributed by atoms with E-state index in [2.05, 4.69) is 191 Å². The number of aromatic nitrogens is 1. The van der Waals surface area contributed by atoms with Crippen LogP contribution in [0.2, 0.25) is 0 Å². The molecule has 8 aromatic rings. The molecule has 2 heteroatoms. The number of hydrogen-bond donors (Lipinski definition) is 0. The second-order valence-electron chi connectivity index (χ2n) is 12.9. The molecule has 1 aliphatic heterocycles. The Bertz CT molecular complexity index is 2580. The van der Waals surface area contributed by atoms with E-state index in [4.69, 9.17) is 0 Å². The molecule has 0 bridgehead atoms. The average molecular weight is 613 g/mol. The molecule has 1 aliphatic carbocycles. The van der Waals surface area contributed by atoms with Crippen LogP contribution in [-0.2, 0) is 0 Å². The summed E-state index contributed by atoms with van der Waals surface area (Å²) in [4.78, 5) is 2.56. The van der Waals surface area contributed by atoms with Gasteiger partial charge in [-0.2, -0.15) is 0 Å². The molecule has 2 aliphatic rings. The molecular weight excluding hydrogens is 581 g/mol. The Morgan fingerprint density at radius 3 is 2.12 bits per heavy atom. The standard InChI is InChI=1S/C46H32N2/c1-2-17-33(18-3-1)47-41-26-10-8-22-38(41)37-21-6-7-23-39(37)45-43(47)28-29-44-46(45)40-24-9-11-27-42(40)48(44)34-19-12-16-32(30-34)36-25-13-15-31-14-4-5-20-35(31)36/h1-30,38,41H. The minimum absolute atomic E-state index is 0.156. The summed E-state index contributed by atoms with van der Waals surface area (Å²) < 4.78 is 2.47. The monoisotopic (exact) mass is 612 g/mol. The van der Waals surface area contributed by atoms with Crippen LogP contribution < -0.4 is 4.90 Å². The molecule has 2 heterocycles. The van der Waals surface area contributed by atoms with Crippen LogP contribution in [0.4, 0.5) is 11.4 Å². The Morgan fingerprint density at radius 2 is 1.19 bits per heavy atom. The van der Waals surface area contributed by atoms with Gasteiger partial charge in [-0.1, -0.05) is 140 Å². The molecule has 0 saturated heterocycles. The van der Waals surface area contributed by atoms with E-state index in [1.165, 1.54) is 71.8 Å². The van der Waals surface area contributed by atoms with E-state index in [9.17, 15) is 0 Å². The molecule has 0 saturated carbocycles. The van der Waals surface area contributed by atoms with Crippen LogP contribution in [0.15, 0.2) is 182 Å². The molecular formula is C46H32N2. The largest absolute Gasteiger partial charge is 0.333 e. The Balaban J connectivity index is 1.29. The quantitative estimate of drug-likeness (QED) is 0.193. The predicted molar refractivity (Wildman–Crippen MR) is 203 cm³/mol. The molecule has 0 amide bonds. The first kappa shape index (κ1) is 27.0. The summed E-state index contributed by atoms with van der Waals surface area (Å²) in [5, 5.41) is 5.08. The molecule has 1 aromatic heterocycles. The first-order valence-corrected chi connectivity index (χ1v) is 16.8. The van der Waals surface area contributed by atoms with Crippen LogP contribution in [0.1, 0.15) is 11.5 Å². The molecule has 226 valence electrons. The van der Waals surface area contributed by atoms with Gasteiger partial charge in [0.1, 0.15) is 0 Å². The van der Waals surface area contributed by atoms with E-state index in [0.29, 0.717) is 0 Å². The minimum Gasteiger partial charge on any atom is -0.333 e. The summed E-state index contributed by atoms with van der Waals surface area (Å²) in [5.41, 5.74) is 12.5. The lowest BCUT2D eigenvalue weighted by molar-refractivity contribution is 0.698. The van der Waals surface area contributed by atoms with Gasteiger partial charge in [-0.15, -0.1) is 0 Å². The number of anilines is 2. The molecule has 2 unspecified atom stereocenters. The minimum atomic E-state index is 0.156. The summed E-state index contributed by atoms with van der Waals surface area (Å²) in [7, 11) is 0. The van der Waals surface area contributed by atoms with Crippen LogP contribution in [0.3, 0.4) is 0 Å². The summed E-state index contributed by atoms with van der Waals surface area (Å²) in [6, 6.07) is 58.1. The zero-order valence-electron chi connectivity index (χ0n) is 26.4. The number of para-hydroxylation sites is 2. The van der Waals surface area contributed by atoms with Gasteiger partial charge in [0, 0.05) is 33.6 Å². The Morgan fingerprint density at radius 1 is 0.479 bits per heavy atom. The molecule has 0 spiro atoms. The van der Waals surface area contributed by atoms with Crippen molar-refractivity contribution in [3.05, 3.63) is 188 Å². The van der Waals surface area contributed by atoms with Crippen LogP contribution in [0.5, 0.6) is 0 Å². The van der Waals surface area contributed by atoms with Gasteiger partial charge < -0.3 is 9.47 Å². The first-order chi connectivity index (χ1) is 23.8. The van der Waals surface area contributed by atoms with Crippen LogP contribution in [-0.4, -0.2) is 10.6 Å². The van der Waals surface area contributed by atoms with E-state index in [0.717, 1.165) is 5.69 Å². The van der Waals surface area contributed by atoms with E-state index in [-0.39, 0.29) is 12.0 Å². The van der Waals surface area contributed by atoms with E-state index >= 15 is 0 Å².